The maximum atomic E-state index is 12.3. The lowest BCUT2D eigenvalue weighted by Crippen LogP contribution is -2.26. The fraction of sp³-hybridized carbons (Fsp3) is 0.182. The maximum Gasteiger partial charge on any atom is 0.253 e. The number of hydrogen-bond donors (Lipinski definition) is 1. The Morgan fingerprint density at radius 2 is 1.93 bits per heavy atom. The Morgan fingerprint density at radius 1 is 1.21 bits per heavy atom. The van der Waals surface area contributed by atoms with E-state index in [1.54, 1.807) is 6.21 Å². The van der Waals surface area contributed by atoms with Crippen molar-refractivity contribution in [3.05, 3.63) is 81.0 Å². The van der Waals surface area contributed by atoms with Crippen LogP contribution in [0.2, 0.25) is 5.02 Å². The zero-order chi connectivity index (χ0) is 21.0. The van der Waals surface area contributed by atoms with Crippen molar-refractivity contribution in [2.24, 2.45) is 5.10 Å². The van der Waals surface area contributed by atoms with Crippen molar-refractivity contribution < 1.29 is 4.79 Å². The van der Waals surface area contributed by atoms with Gasteiger partial charge in [0.25, 0.3) is 5.91 Å². The van der Waals surface area contributed by atoms with Gasteiger partial charge in [0.05, 0.1) is 11.5 Å². The van der Waals surface area contributed by atoms with Gasteiger partial charge in [0.2, 0.25) is 0 Å². The van der Waals surface area contributed by atoms with Crippen molar-refractivity contribution >= 4 is 51.4 Å². The first-order valence-corrected chi connectivity index (χ1v) is 11.1. The molecule has 29 heavy (non-hydrogen) atoms. The smallest absolute Gasteiger partial charge is 0.253 e. The summed E-state index contributed by atoms with van der Waals surface area (Å²) in [6.45, 7) is 5.94. The molecule has 0 spiro atoms. The highest BCUT2D eigenvalue weighted by atomic mass is 79.9. The number of carbonyl (C=O) groups is 1. The van der Waals surface area contributed by atoms with Crippen molar-refractivity contribution in [3.63, 3.8) is 0 Å². The van der Waals surface area contributed by atoms with Crippen molar-refractivity contribution in [1.82, 2.24) is 9.99 Å². The lowest BCUT2D eigenvalue weighted by atomic mass is 10.2. The standard InChI is InChI=1S/C22H21BrClN3OS/c1-14-11-17(15(2)27(14)20-6-4-5-18(23)12-20)13-25-26-22(28)16(3)29-21-9-7-19(24)8-10-21/h4-13,16H,1-3H3,(H,26,28)/b25-13+. The van der Waals surface area contributed by atoms with E-state index in [0.29, 0.717) is 5.02 Å². The number of thioether (sulfide) groups is 1. The molecule has 7 heteroatoms. The van der Waals surface area contributed by atoms with Crippen molar-refractivity contribution in [2.45, 2.75) is 30.9 Å². The molecule has 1 amide bonds. The number of aryl methyl sites for hydroxylation is 1. The molecule has 2 aromatic carbocycles. The zero-order valence-electron chi connectivity index (χ0n) is 16.3. The molecule has 3 aromatic rings. The third kappa shape index (κ3) is 5.53. The zero-order valence-corrected chi connectivity index (χ0v) is 19.5. The molecule has 0 aliphatic carbocycles. The number of nitrogens with zero attached hydrogens (tertiary/aromatic N) is 2. The van der Waals surface area contributed by atoms with E-state index in [4.69, 9.17) is 11.6 Å². The number of benzene rings is 2. The molecule has 1 atom stereocenters. The molecule has 0 saturated carbocycles. The summed E-state index contributed by atoms with van der Waals surface area (Å²) in [6, 6.07) is 17.6. The van der Waals surface area contributed by atoms with E-state index in [1.807, 2.05) is 50.2 Å². The van der Waals surface area contributed by atoms with Gasteiger partial charge in [0, 0.05) is 37.0 Å². The van der Waals surface area contributed by atoms with Gasteiger partial charge in [-0.15, -0.1) is 11.8 Å². The van der Waals surface area contributed by atoms with Crippen LogP contribution in [0.4, 0.5) is 0 Å². The number of hydrazone groups is 1. The fourth-order valence-electron chi connectivity index (χ4n) is 2.96. The molecular weight excluding hydrogens is 470 g/mol. The maximum absolute atomic E-state index is 12.3. The summed E-state index contributed by atoms with van der Waals surface area (Å²) >= 11 is 10.9. The lowest BCUT2D eigenvalue weighted by Gasteiger charge is -2.10. The number of nitrogens with one attached hydrogen (secondary N) is 1. The second kappa shape index (κ2) is 9.65. The normalized spacial score (nSPS) is 12.3. The predicted molar refractivity (Wildman–Crippen MR) is 125 cm³/mol. The van der Waals surface area contributed by atoms with E-state index in [2.05, 4.69) is 56.1 Å². The molecule has 0 aliphatic rings. The summed E-state index contributed by atoms with van der Waals surface area (Å²) in [4.78, 5) is 13.3. The van der Waals surface area contributed by atoms with Crippen LogP contribution in [0.1, 0.15) is 23.9 Å². The Balaban J connectivity index is 1.66. The van der Waals surface area contributed by atoms with E-state index in [1.165, 1.54) is 11.8 Å². The number of hydrogen-bond acceptors (Lipinski definition) is 3. The number of carbonyl (C=O) groups excluding carboxylic acids is 1. The topological polar surface area (TPSA) is 46.4 Å². The van der Waals surface area contributed by atoms with Crippen LogP contribution in [0, 0.1) is 13.8 Å². The van der Waals surface area contributed by atoms with E-state index in [0.717, 1.165) is 32.0 Å². The monoisotopic (exact) mass is 489 g/mol. The third-order valence-electron chi connectivity index (χ3n) is 4.41. The van der Waals surface area contributed by atoms with Gasteiger partial charge >= 0.3 is 0 Å². The van der Waals surface area contributed by atoms with Gasteiger partial charge in [-0.05, 0) is 69.3 Å². The fourth-order valence-corrected chi connectivity index (χ4v) is 4.33. The Bertz CT molecular complexity index is 1050. The molecule has 4 nitrogen and oxygen atoms in total. The van der Waals surface area contributed by atoms with Gasteiger partial charge in [0.1, 0.15) is 0 Å². The first kappa shape index (κ1) is 21.7. The molecular formula is C22H21BrClN3OS. The number of halogens is 2. The molecule has 150 valence electrons. The highest BCUT2D eigenvalue weighted by molar-refractivity contribution is 9.10. The van der Waals surface area contributed by atoms with Crippen LogP contribution >= 0.6 is 39.3 Å². The lowest BCUT2D eigenvalue weighted by molar-refractivity contribution is -0.120. The second-order valence-electron chi connectivity index (χ2n) is 6.59. The first-order chi connectivity index (χ1) is 13.8. The van der Waals surface area contributed by atoms with E-state index in [9.17, 15) is 4.79 Å². The average molecular weight is 491 g/mol. The van der Waals surface area contributed by atoms with Crippen LogP contribution in [0.25, 0.3) is 5.69 Å². The van der Waals surface area contributed by atoms with E-state index >= 15 is 0 Å². The largest absolute Gasteiger partial charge is 0.318 e. The molecule has 0 saturated heterocycles. The minimum absolute atomic E-state index is 0.151. The summed E-state index contributed by atoms with van der Waals surface area (Å²) in [7, 11) is 0. The summed E-state index contributed by atoms with van der Waals surface area (Å²) in [5, 5.41) is 4.57. The Morgan fingerprint density at radius 3 is 2.62 bits per heavy atom. The number of amides is 1. The van der Waals surface area contributed by atoms with Gasteiger partial charge < -0.3 is 4.57 Å². The predicted octanol–water partition coefficient (Wildman–Crippen LogP) is 6.14. The molecule has 1 heterocycles. The summed E-state index contributed by atoms with van der Waals surface area (Å²) in [5.41, 5.74) is 6.82. The minimum atomic E-state index is -0.276. The summed E-state index contributed by atoms with van der Waals surface area (Å²) in [5.74, 6) is -0.151. The van der Waals surface area contributed by atoms with Crippen LogP contribution in [0.5, 0.6) is 0 Å². The first-order valence-electron chi connectivity index (χ1n) is 9.05. The van der Waals surface area contributed by atoms with Gasteiger partial charge in [0.15, 0.2) is 0 Å². The number of aromatic nitrogens is 1. The molecule has 1 unspecified atom stereocenters. The Labute approximate surface area is 188 Å². The van der Waals surface area contributed by atoms with E-state index < -0.39 is 0 Å². The third-order valence-corrected chi connectivity index (χ3v) is 6.27. The molecule has 1 N–H and O–H groups in total. The van der Waals surface area contributed by atoms with Gasteiger partial charge in [-0.2, -0.15) is 5.10 Å². The minimum Gasteiger partial charge on any atom is -0.318 e. The summed E-state index contributed by atoms with van der Waals surface area (Å²) < 4.78 is 3.18. The van der Waals surface area contributed by atoms with Crippen LogP contribution in [-0.4, -0.2) is 21.9 Å². The highest BCUT2D eigenvalue weighted by Gasteiger charge is 2.14. The van der Waals surface area contributed by atoms with Crippen LogP contribution in [0.3, 0.4) is 0 Å². The summed E-state index contributed by atoms with van der Waals surface area (Å²) in [6.07, 6.45) is 1.69. The molecule has 0 aliphatic heterocycles. The quantitative estimate of drug-likeness (QED) is 0.256. The van der Waals surface area contributed by atoms with Gasteiger partial charge in [-0.1, -0.05) is 33.6 Å². The Hall–Kier alpha value is -2.02. The number of rotatable bonds is 6. The second-order valence-corrected chi connectivity index (χ2v) is 9.36. The average Bonchev–Trinajstić information content (AvgIpc) is 2.97. The Kier molecular flexibility index (Phi) is 7.22. The van der Waals surface area contributed by atoms with Crippen LogP contribution in [0.15, 0.2) is 69.1 Å². The van der Waals surface area contributed by atoms with Gasteiger partial charge in [-0.3, -0.25) is 4.79 Å². The molecule has 0 fully saturated rings. The van der Waals surface area contributed by atoms with Crippen molar-refractivity contribution in [1.29, 1.82) is 0 Å². The van der Waals surface area contributed by atoms with Gasteiger partial charge in [-0.25, -0.2) is 5.43 Å². The highest BCUT2D eigenvalue weighted by Crippen LogP contribution is 2.25. The molecule has 0 bridgehead atoms. The van der Waals surface area contributed by atoms with Crippen LogP contribution in [-0.2, 0) is 4.79 Å². The van der Waals surface area contributed by atoms with Crippen molar-refractivity contribution in [3.8, 4) is 5.69 Å². The van der Waals surface area contributed by atoms with E-state index in [-0.39, 0.29) is 11.2 Å². The molecule has 1 aromatic heterocycles. The molecule has 3 rings (SSSR count). The van der Waals surface area contributed by atoms with Crippen LogP contribution < -0.4 is 5.43 Å². The van der Waals surface area contributed by atoms with Crippen molar-refractivity contribution in [2.75, 3.05) is 0 Å². The SMILES string of the molecule is Cc1cc(/C=N/NC(=O)C(C)Sc2ccc(Cl)cc2)c(C)n1-c1cccc(Br)c1. The molecule has 0 radical (unpaired) electrons.